The van der Waals surface area contributed by atoms with Crippen molar-refractivity contribution in [1.82, 2.24) is 9.03 Å². The van der Waals surface area contributed by atoms with Gasteiger partial charge in [-0.05, 0) is 20.3 Å². The highest BCUT2D eigenvalue weighted by Crippen LogP contribution is 2.05. The molecule has 0 spiro atoms. The second-order valence-electron chi connectivity index (χ2n) is 3.75. The van der Waals surface area contributed by atoms with Gasteiger partial charge in [-0.1, -0.05) is 6.92 Å². The van der Waals surface area contributed by atoms with Crippen molar-refractivity contribution in [1.29, 1.82) is 0 Å². The summed E-state index contributed by atoms with van der Waals surface area (Å²) >= 11 is 0. The van der Waals surface area contributed by atoms with Crippen LogP contribution in [0, 0.1) is 12.3 Å². The van der Waals surface area contributed by atoms with Crippen molar-refractivity contribution in [3.63, 3.8) is 0 Å². The van der Waals surface area contributed by atoms with Crippen LogP contribution in [0.1, 0.15) is 33.6 Å². The maximum absolute atomic E-state index is 11.8. The molecule has 0 aliphatic heterocycles. The second-order valence-corrected chi connectivity index (χ2v) is 5.51. The quantitative estimate of drug-likeness (QED) is 0.694. The molecular formula is C10H20N2O2S. The lowest BCUT2D eigenvalue weighted by atomic mass is 10.2. The molecule has 1 unspecified atom stereocenters. The molecule has 0 heterocycles. The molecule has 1 atom stereocenters. The first-order valence-corrected chi connectivity index (χ1v) is 6.47. The Morgan fingerprint density at radius 2 is 2.00 bits per heavy atom. The summed E-state index contributed by atoms with van der Waals surface area (Å²) in [6, 6.07) is -0.243. The SMILES string of the molecule is C#CCC(CC)NS(=O)(=O)N(C)C(C)C. The average molecular weight is 232 g/mol. The van der Waals surface area contributed by atoms with E-state index in [4.69, 9.17) is 6.42 Å². The molecule has 0 aliphatic carbocycles. The van der Waals surface area contributed by atoms with E-state index in [1.54, 1.807) is 7.05 Å². The Morgan fingerprint density at radius 1 is 1.47 bits per heavy atom. The molecule has 0 amide bonds. The fraction of sp³-hybridized carbons (Fsp3) is 0.800. The van der Waals surface area contributed by atoms with E-state index in [0.717, 1.165) is 0 Å². The van der Waals surface area contributed by atoms with Gasteiger partial charge < -0.3 is 0 Å². The topological polar surface area (TPSA) is 49.4 Å². The maximum atomic E-state index is 11.8. The van der Waals surface area contributed by atoms with E-state index in [0.29, 0.717) is 12.8 Å². The fourth-order valence-electron chi connectivity index (χ4n) is 0.983. The number of nitrogens with one attached hydrogen (secondary N) is 1. The van der Waals surface area contributed by atoms with Gasteiger partial charge in [0.25, 0.3) is 10.2 Å². The van der Waals surface area contributed by atoms with Crippen molar-refractivity contribution in [2.75, 3.05) is 7.05 Å². The third kappa shape index (κ3) is 4.65. The molecular weight excluding hydrogens is 212 g/mol. The Morgan fingerprint density at radius 3 is 2.33 bits per heavy atom. The van der Waals surface area contributed by atoms with Crippen molar-refractivity contribution in [3.8, 4) is 12.3 Å². The van der Waals surface area contributed by atoms with Crippen molar-refractivity contribution in [2.24, 2.45) is 0 Å². The number of nitrogens with zero attached hydrogens (tertiary/aromatic N) is 1. The minimum Gasteiger partial charge on any atom is -0.198 e. The summed E-state index contributed by atoms with van der Waals surface area (Å²) in [6.45, 7) is 5.54. The molecule has 0 rings (SSSR count). The molecule has 0 saturated carbocycles. The summed E-state index contributed by atoms with van der Waals surface area (Å²) in [7, 11) is -1.85. The highest BCUT2D eigenvalue weighted by molar-refractivity contribution is 7.87. The highest BCUT2D eigenvalue weighted by Gasteiger charge is 2.22. The maximum Gasteiger partial charge on any atom is 0.279 e. The smallest absolute Gasteiger partial charge is 0.198 e. The largest absolute Gasteiger partial charge is 0.279 e. The van der Waals surface area contributed by atoms with Crippen molar-refractivity contribution >= 4 is 10.2 Å². The van der Waals surface area contributed by atoms with Crippen molar-refractivity contribution in [3.05, 3.63) is 0 Å². The predicted octanol–water partition coefficient (Wildman–Crippen LogP) is 0.963. The van der Waals surface area contributed by atoms with Gasteiger partial charge in [-0.2, -0.15) is 17.4 Å². The van der Waals surface area contributed by atoms with Crippen molar-refractivity contribution in [2.45, 2.75) is 45.7 Å². The summed E-state index contributed by atoms with van der Waals surface area (Å²) in [4.78, 5) is 0. The van der Waals surface area contributed by atoms with Crippen LogP contribution in [0.15, 0.2) is 0 Å². The molecule has 0 saturated heterocycles. The van der Waals surface area contributed by atoms with Gasteiger partial charge in [0.05, 0.1) is 0 Å². The Labute approximate surface area is 93.2 Å². The second kappa shape index (κ2) is 6.11. The predicted molar refractivity (Wildman–Crippen MR) is 62.5 cm³/mol. The summed E-state index contributed by atoms with van der Waals surface area (Å²) in [5, 5.41) is 0. The van der Waals surface area contributed by atoms with Gasteiger partial charge in [0, 0.05) is 25.6 Å². The van der Waals surface area contributed by atoms with E-state index in [1.807, 2.05) is 20.8 Å². The van der Waals surface area contributed by atoms with Crippen LogP contribution in [-0.2, 0) is 10.2 Å². The standard InChI is InChI=1S/C10H20N2O2S/c1-6-8-10(7-2)11-15(13,14)12(5)9(3)4/h1,9-11H,7-8H2,2-5H3. The van der Waals surface area contributed by atoms with Crippen LogP contribution < -0.4 is 4.72 Å². The minimum atomic E-state index is -3.41. The lowest BCUT2D eigenvalue weighted by molar-refractivity contribution is 0.394. The van der Waals surface area contributed by atoms with Crippen LogP contribution in [0.3, 0.4) is 0 Å². The van der Waals surface area contributed by atoms with Crippen LogP contribution in [0.5, 0.6) is 0 Å². The average Bonchev–Trinajstić information content (AvgIpc) is 2.15. The van der Waals surface area contributed by atoms with Gasteiger partial charge in [0.15, 0.2) is 0 Å². The first-order valence-electron chi connectivity index (χ1n) is 5.03. The third-order valence-corrected chi connectivity index (χ3v) is 4.09. The third-order valence-electron chi connectivity index (χ3n) is 2.28. The van der Waals surface area contributed by atoms with Crippen molar-refractivity contribution < 1.29 is 8.42 Å². The first-order chi connectivity index (χ1) is 6.85. The summed E-state index contributed by atoms with van der Waals surface area (Å²) in [6.07, 6.45) is 6.27. The van der Waals surface area contributed by atoms with Gasteiger partial charge in [0.1, 0.15) is 0 Å². The van der Waals surface area contributed by atoms with Gasteiger partial charge >= 0.3 is 0 Å². The highest BCUT2D eigenvalue weighted by atomic mass is 32.2. The van der Waals surface area contributed by atoms with E-state index >= 15 is 0 Å². The Bertz CT molecular complexity index is 317. The number of hydrogen-bond donors (Lipinski definition) is 1. The Hall–Kier alpha value is -0.570. The fourth-order valence-corrected chi connectivity index (χ4v) is 2.38. The summed E-state index contributed by atoms with van der Waals surface area (Å²) < 4.78 is 27.4. The van der Waals surface area contributed by atoms with Crippen LogP contribution >= 0.6 is 0 Å². The van der Waals surface area contributed by atoms with E-state index in [1.165, 1.54) is 4.31 Å². The molecule has 0 aliphatic rings. The molecule has 4 nitrogen and oxygen atoms in total. The molecule has 1 N–H and O–H groups in total. The van der Waals surface area contributed by atoms with Crippen LogP contribution in [-0.4, -0.2) is 31.9 Å². The van der Waals surface area contributed by atoms with Crippen LogP contribution in [0.2, 0.25) is 0 Å². The summed E-state index contributed by atoms with van der Waals surface area (Å²) in [5.74, 6) is 2.46. The molecule has 0 aromatic heterocycles. The zero-order valence-corrected chi connectivity index (χ0v) is 10.6. The van der Waals surface area contributed by atoms with Gasteiger partial charge in [-0.15, -0.1) is 12.3 Å². The Kier molecular flexibility index (Phi) is 5.88. The monoisotopic (exact) mass is 232 g/mol. The molecule has 0 radical (unpaired) electrons. The number of rotatable bonds is 6. The minimum absolute atomic E-state index is 0.0640. The molecule has 0 fully saturated rings. The van der Waals surface area contributed by atoms with Gasteiger partial charge in [-0.3, -0.25) is 0 Å². The molecule has 15 heavy (non-hydrogen) atoms. The summed E-state index contributed by atoms with van der Waals surface area (Å²) in [5.41, 5.74) is 0. The lowest BCUT2D eigenvalue weighted by Crippen LogP contribution is -2.45. The van der Waals surface area contributed by atoms with Crippen LogP contribution in [0.25, 0.3) is 0 Å². The van der Waals surface area contributed by atoms with Gasteiger partial charge in [-0.25, -0.2) is 0 Å². The first kappa shape index (κ1) is 14.4. The van der Waals surface area contributed by atoms with E-state index in [-0.39, 0.29) is 12.1 Å². The molecule has 0 aromatic carbocycles. The number of terminal acetylenes is 1. The molecule has 5 heteroatoms. The van der Waals surface area contributed by atoms with E-state index in [9.17, 15) is 8.42 Å². The molecule has 0 aromatic rings. The lowest BCUT2D eigenvalue weighted by Gasteiger charge is -2.24. The van der Waals surface area contributed by atoms with E-state index < -0.39 is 10.2 Å². The van der Waals surface area contributed by atoms with E-state index in [2.05, 4.69) is 10.6 Å². The Balaban J connectivity index is 4.56. The normalized spacial score (nSPS) is 14.2. The van der Waals surface area contributed by atoms with Crippen LogP contribution in [0.4, 0.5) is 0 Å². The zero-order chi connectivity index (χ0) is 12.1. The molecule has 0 bridgehead atoms. The zero-order valence-electron chi connectivity index (χ0n) is 9.82. The molecule has 88 valence electrons. The number of hydrogen-bond acceptors (Lipinski definition) is 2. The van der Waals surface area contributed by atoms with Gasteiger partial charge in [0.2, 0.25) is 0 Å².